The molecule has 0 bridgehead atoms. The van der Waals surface area contributed by atoms with E-state index in [-0.39, 0.29) is 17.7 Å². The summed E-state index contributed by atoms with van der Waals surface area (Å²) in [5.41, 5.74) is 6.34. The molecule has 98 valence electrons. The highest BCUT2D eigenvalue weighted by Gasteiger charge is 2.11. The van der Waals surface area contributed by atoms with E-state index >= 15 is 0 Å². The van der Waals surface area contributed by atoms with E-state index in [0.29, 0.717) is 11.3 Å². The molecule has 0 aliphatic carbocycles. The summed E-state index contributed by atoms with van der Waals surface area (Å²) in [4.78, 5) is 26.8. The Kier molecular flexibility index (Phi) is 3.42. The standard InChI is InChI=1S/C11H12N6O2/c1-13-9(18)6-2-4-7(5-3-6)14-10(19)8-15-11(12)17-16-8/h2-5H,1H3,(H,13,18)(H,14,19)(H3,12,15,16,17). The van der Waals surface area contributed by atoms with Crippen LogP contribution in [0, 0.1) is 0 Å². The van der Waals surface area contributed by atoms with Crippen molar-refractivity contribution >= 4 is 23.5 Å². The van der Waals surface area contributed by atoms with Crippen molar-refractivity contribution < 1.29 is 9.59 Å². The lowest BCUT2D eigenvalue weighted by molar-refractivity contribution is 0.0962. The number of nitrogens with two attached hydrogens (primary N) is 1. The zero-order valence-corrected chi connectivity index (χ0v) is 10.1. The average Bonchev–Trinajstić information content (AvgIpc) is 2.85. The lowest BCUT2D eigenvalue weighted by Crippen LogP contribution is -2.18. The molecule has 2 aromatic rings. The van der Waals surface area contributed by atoms with Gasteiger partial charge in [0.25, 0.3) is 11.8 Å². The second-order valence-electron chi connectivity index (χ2n) is 3.65. The molecule has 0 unspecified atom stereocenters. The summed E-state index contributed by atoms with van der Waals surface area (Å²) < 4.78 is 0. The van der Waals surface area contributed by atoms with Gasteiger partial charge >= 0.3 is 0 Å². The molecule has 0 aliphatic rings. The van der Waals surface area contributed by atoms with Crippen LogP contribution in [0.2, 0.25) is 0 Å². The smallest absolute Gasteiger partial charge is 0.293 e. The zero-order chi connectivity index (χ0) is 13.8. The molecule has 8 nitrogen and oxygen atoms in total. The van der Waals surface area contributed by atoms with E-state index in [1.54, 1.807) is 31.3 Å². The fraction of sp³-hybridized carbons (Fsp3) is 0.0909. The molecular weight excluding hydrogens is 248 g/mol. The van der Waals surface area contributed by atoms with Crippen LogP contribution < -0.4 is 16.4 Å². The number of amides is 2. The topological polar surface area (TPSA) is 126 Å². The van der Waals surface area contributed by atoms with E-state index in [9.17, 15) is 9.59 Å². The second kappa shape index (κ2) is 5.17. The van der Waals surface area contributed by atoms with Crippen LogP contribution in [-0.2, 0) is 0 Å². The van der Waals surface area contributed by atoms with Gasteiger partial charge in [-0.15, -0.1) is 5.10 Å². The van der Waals surface area contributed by atoms with E-state index in [1.165, 1.54) is 0 Å². The van der Waals surface area contributed by atoms with Gasteiger partial charge in [0.1, 0.15) is 0 Å². The van der Waals surface area contributed by atoms with Crippen LogP contribution in [-0.4, -0.2) is 34.0 Å². The molecule has 5 N–H and O–H groups in total. The van der Waals surface area contributed by atoms with Crippen LogP contribution in [0.4, 0.5) is 11.6 Å². The van der Waals surface area contributed by atoms with E-state index < -0.39 is 5.91 Å². The first-order valence-electron chi connectivity index (χ1n) is 5.41. The number of carbonyl (C=O) groups excluding carboxylic acids is 2. The highest BCUT2D eigenvalue weighted by Crippen LogP contribution is 2.10. The number of benzene rings is 1. The molecule has 0 spiro atoms. The third kappa shape index (κ3) is 2.86. The number of nitrogens with zero attached hydrogens (tertiary/aromatic N) is 2. The zero-order valence-electron chi connectivity index (χ0n) is 10.1. The van der Waals surface area contributed by atoms with Crippen LogP contribution >= 0.6 is 0 Å². The minimum absolute atomic E-state index is 0.000106. The van der Waals surface area contributed by atoms with Gasteiger partial charge in [-0.2, -0.15) is 4.98 Å². The Hall–Kier alpha value is -2.90. The number of carbonyl (C=O) groups is 2. The van der Waals surface area contributed by atoms with Crippen LogP contribution in [0.5, 0.6) is 0 Å². The van der Waals surface area contributed by atoms with Gasteiger partial charge in [0.15, 0.2) is 0 Å². The van der Waals surface area contributed by atoms with Gasteiger partial charge in [-0.3, -0.25) is 14.7 Å². The quantitative estimate of drug-likeness (QED) is 0.618. The SMILES string of the molecule is CNC(=O)c1ccc(NC(=O)c2nc(N)n[nH]2)cc1. The third-order valence-corrected chi connectivity index (χ3v) is 2.35. The Balaban J connectivity index is 2.07. The summed E-state index contributed by atoms with van der Waals surface area (Å²) in [6, 6.07) is 6.43. The Bertz CT molecular complexity index is 604. The fourth-order valence-electron chi connectivity index (χ4n) is 1.42. The van der Waals surface area contributed by atoms with E-state index in [2.05, 4.69) is 25.8 Å². The summed E-state index contributed by atoms with van der Waals surface area (Å²) in [7, 11) is 1.55. The average molecular weight is 260 g/mol. The van der Waals surface area contributed by atoms with Gasteiger partial charge < -0.3 is 16.4 Å². The van der Waals surface area contributed by atoms with Gasteiger partial charge in [0, 0.05) is 18.3 Å². The number of H-pyrrole nitrogens is 1. The number of rotatable bonds is 3. The Morgan fingerprint density at radius 3 is 2.42 bits per heavy atom. The predicted molar refractivity (Wildman–Crippen MR) is 68.6 cm³/mol. The van der Waals surface area contributed by atoms with Crippen LogP contribution in [0.15, 0.2) is 24.3 Å². The molecule has 1 aromatic carbocycles. The number of hydrogen-bond acceptors (Lipinski definition) is 5. The minimum Gasteiger partial charge on any atom is -0.366 e. The number of anilines is 2. The maximum Gasteiger partial charge on any atom is 0.293 e. The molecular formula is C11H12N6O2. The molecule has 0 radical (unpaired) electrons. The molecule has 1 heterocycles. The minimum atomic E-state index is -0.461. The van der Waals surface area contributed by atoms with Gasteiger partial charge in [-0.25, -0.2) is 0 Å². The first-order chi connectivity index (χ1) is 9.10. The molecule has 0 atom stereocenters. The first kappa shape index (κ1) is 12.6. The second-order valence-corrected chi connectivity index (χ2v) is 3.65. The van der Waals surface area contributed by atoms with Crippen molar-refractivity contribution in [3.8, 4) is 0 Å². The maximum absolute atomic E-state index is 11.7. The molecule has 0 fully saturated rings. The van der Waals surface area contributed by atoms with Crippen LogP contribution in [0.1, 0.15) is 21.0 Å². The summed E-state index contributed by atoms with van der Waals surface area (Å²) in [5.74, 6) is -0.634. The van der Waals surface area contributed by atoms with E-state index in [1.807, 2.05) is 0 Å². The van der Waals surface area contributed by atoms with E-state index in [0.717, 1.165) is 0 Å². The lowest BCUT2D eigenvalue weighted by Gasteiger charge is -2.04. The third-order valence-electron chi connectivity index (χ3n) is 2.35. The highest BCUT2D eigenvalue weighted by atomic mass is 16.2. The maximum atomic E-state index is 11.7. The van der Waals surface area contributed by atoms with Gasteiger partial charge in [0.05, 0.1) is 0 Å². The van der Waals surface area contributed by atoms with Gasteiger partial charge in [-0.1, -0.05) is 0 Å². The summed E-state index contributed by atoms with van der Waals surface area (Å²) >= 11 is 0. The molecule has 0 aliphatic heterocycles. The molecule has 0 saturated carbocycles. The van der Waals surface area contributed by atoms with Gasteiger partial charge in [-0.05, 0) is 24.3 Å². The summed E-state index contributed by atoms with van der Waals surface area (Å²) in [6.45, 7) is 0. The first-order valence-corrected chi connectivity index (χ1v) is 5.41. The number of nitrogen functional groups attached to an aromatic ring is 1. The van der Waals surface area contributed by atoms with Crippen LogP contribution in [0.3, 0.4) is 0 Å². The van der Waals surface area contributed by atoms with Crippen molar-refractivity contribution in [3.63, 3.8) is 0 Å². The monoisotopic (exact) mass is 260 g/mol. The number of aromatic nitrogens is 3. The van der Waals surface area contributed by atoms with Gasteiger partial charge in [0.2, 0.25) is 11.8 Å². The molecule has 8 heteroatoms. The normalized spacial score (nSPS) is 9.95. The lowest BCUT2D eigenvalue weighted by atomic mass is 10.2. The highest BCUT2D eigenvalue weighted by molar-refractivity contribution is 6.02. The molecule has 2 amide bonds. The van der Waals surface area contributed by atoms with Crippen molar-refractivity contribution in [3.05, 3.63) is 35.7 Å². The van der Waals surface area contributed by atoms with Crippen LogP contribution in [0.25, 0.3) is 0 Å². The Labute approximate surface area is 108 Å². The Morgan fingerprint density at radius 2 is 1.89 bits per heavy atom. The van der Waals surface area contributed by atoms with E-state index in [4.69, 9.17) is 5.73 Å². The molecule has 2 rings (SSSR count). The van der Waals surface area contributed by atoms with Crippen molar-refractivity contribution in [1.29, 1.82) is 0 Å². The van der Waals surface area contributed by atoms with Crippen molar-refractivity contribution in [2.24, 2.45) is 0 Å². The largest absolute Gasteiger partial charge is 0.366 e. The summed E-state index contributed by atoms with van der Waals surface area (Å²) in [6.07, 6.45) is 0. The molecule has 0 saturated heterocycles. The number of hydrogen-bond donors (Lipinski definition) is 4. The Morgan fingerprint density at radius 1 is 1.21 bits per heavy atom. The fourth-order valence-corrected chi connectivity index (χ4v) is 1.42. The number of nitrogens with one attached hydrogen (secondary N) is 3. The predicted octanol–water partition coefficient (Wildman–Crippen LogP) is -0.00120. The number of aromatic amines is 1. The van der Waals surface area contributed by atoms with Crippen molar-refractivity contribution in [2.45, 2.75) is 0 Å². The molecule has 1 aromatic heterocycles. The molecule has 19 heavy (non-hydrogen) atoms. The summed E-state index contributed by atoms with van der Waals surface area (Å²) in [5, 5.41) is 11.1. The van der Waals surface area contributed by atoms with Crippen molar-refractivity contribution in [1.82, 2.24) is 20.5 Å². The van der Waals surface area contributed by atoms with Crippen molar-refractivity contribution in [2.75, 3.05) is 18.1 Å².